The summed E-state index contributed by atoms with van der Waals surface area (Å²) in [5.41, 5.74) is 0. The van der Waals surface area contributed by atoms with Crippen molar-refractivity contribution >= 4 is 0 Å². The lowest BCUT2D eigenvalue weighted by atomic mass is 10.1. The van der Waals surface area contributed by atoms with E-state index in [0.717, 1.165) is 32.4 Å². The van der Waals surface area contributed by atoms with Crippen molar-refractivity contribution in [3.8, 4) is 0 Å². The van der Waals surface area contributed by atoms with Gasteiger partial charge in [0, 0.05) is 13.0 Å². The molecule has 2 atom stereocenters. The zero-order valence-electron chi connectivity index (χ0n) is 7.68. The molecule has 1 fully saturated rings. The topological polar surface area (TPSA) is 21.3 Å². The van der Waals surface area contributed by atoms with Gasteiger partial charge in [-0.05, 0) is 19.4 Å². The van der Waals surface area contributed by atoms with Crippen LogP contribution in [-0.4, -0.2) is 25.6 Å². The lowest BCUT2D eigenvalue weighted by molar-refractivity contribution is -0.0951. The minimum absolute atomic E-state index is 0.0975. The fourth-order valence-electron chi connectivity index (χ4n) is 1.44. The summed E-state index contributed by atoms with van der Waals surface area (Å²) in [5, 5.41) is 3.19. The number of ether oxygens (including phenoxy) is 1. The second kappa shape index (κ2) is 5.49. The number of piperidine rings is 1. The maximum atomic E-state index is 12.9. The average molecular weight is 175 g/mol. The first-order chi connectivity index (χ1) is 5.83. The number of hydrogen-bond donors (Lipinski definition) is 1. The first-order valence-electron chi connectivity index (χ1n) is 4.83. The summed E-state index contributed by atoms with van der Waals surface area (Å²) >= 11 is 0. The zero-order valence-corrected chi connectivity index (χ0v) is 7.68. The molecule has 2 unspecified atom stereocenters. The Morgan fingerprint density at radius 3 is 3.08 bits per heavy atom. The predicted octanol–water partition coefficient (Wildman–Crippen LogP) is 1.85. The van der Waals surface area contributed by atoms with Gasteiger partial charge in [0.1, 0.15) is 0 Å². The molecule has 0 bridgehead atoms. The summed E-state index contributed by atoms with van der Waals surface area (Å²) in [4.78, 5) is 0. The van der Waals surface area contributed by atoms with Crippen molar-refractivity contribution in [1.82, 2.24) is 5.32 Å². The van der Waals surface area contributed by atoms with Gasteiger partial charge in [-0.3, -0.25) is 0 Å². The van der Waals surface area contributed by atoms with E-state index < -0.39 is 6.36 Å². The van der Waals surface area contributed by atoms with E-state index in [4.69, 9.17) is 4.74 Å². The Morgan fingerprint density at radius 2 is 2.50 bits per heavy atom. The van der Waals surface area contributed by atoms with Crippen LogP contribution in [0, 0.1) is 0 Å². The average Bonchev–Trinajstić information content (AvgIpc) is 2.06. The normalized spacial score (nSPS) is 27.0. The molecule has 0 spiro atoms. The molecule has 1 aliphatic heterocycles. The maximum absolute atomic E-state index is 12.9. The van der Waals surface area contributed by atoms with Crippen molar-refractivity contribution in [3.63, 3.8) is 0 Å². The van der Waals surface area contributed by atoms with E-state index in [1.54, 1.807) is 0 Å². The molecule has 0 saturated carbocycles. The van der Waals surface area contributed by atoms with Gasteiger partial charge in [0.25, 0.3) is 0 Å². The van der Waals surface area contributed by atoms with E-state index in [1.807, 2.05) is 6.92 Å². The highest BCUT2D eigenvalue weighted by atomic mass is 19.1. The fourth-order valence-corrected chi connectivity index (χ4v) is 1.44. The third kappa shape index (κ3) is 3.50. The first-order valence-corrected chi connectivity index (χ1v) is 4.83. The van der Waals surface area contributed by atoms with Crippen molar-refractivity contribution in [3.05, 3.63) is 0 Å². The van der Waals surface area contributed by atoms with Crippen LogP contribution < -0.4 is 5.32 Å². The third-order valence-electron chi connectivity index (χ3n) is 2.11. The minimum Gasteiger partial charge on any atom is -0.343 e. The quantitative estimate of drug-likeness (QED) is 0.704. The maximum Gasteiger partial charge on any atom is 0.199 e. The summed E-state index contributed by atoms with van der Waals surface area (Å²) in [6, 6.07) is 0. The van der Waals surface area contributed by atoms with E-state index in [-0.39, 0.29) is 6.10 Å². The Kier molecular flexibility index (Phi) is 4.54. The molecule has 0 aromatic carbocycles. The Balaban J connectivity index is 2.11. The molecule has 1 saturated heterocycles. The first kappa shape index (κ1) is 9.93. The Morgan fingerprint density at radius 1 is 1.67 bits per heavy atom. The lowest BCUT2D eigenvalue weighted by Gasteiger charge is -2.24. The molecule has 3 heteroatoms. The van der Waals surface area contributed by atoms with Crippen molar-refractivity contribution in [1.29, 1.82) is 0 Å². The minimum atomic E-state index is -1.06. The molecule has 0 radical (unpaired) electrons. The number of rotatable bonds is 4. The monoisotopic (exact) mass is 175 g/mol. The molecule has 12 heavy (non-hydrogen) atoms. The SMILES string of the molecule is CCCC(F)OC1CCCNC1. The summed E-state index contributed by atoms with van der Waals surface area (Å²) in [7, 11) is 0. The third-order valence-corrected chi connectivity index (χ3v) is 2.11. The van der Waals surface area contributed by atoms with Crippen LogP contribution in [0.25, 0.3) is 0 Å². The molecule has 1 aliphatic rings. The summed E-state index contributed by atoms with van der Waals surface area (Å²) < 4.78 is 18.1. The highest BCUT2D eigenvalue weighted by molar-refractivity contribution is 4.69. The van der Waals surface area contributed by atoms with Gasteiger partial charge in [-0.2, -0.15) is 0 Å². The van der Waals surface area contributed by atoms with Gasteiger partial charge in [0.05, 0.1) is 6.10 Å². The number of alkyl halides is 1. The van der Waals surface area contributed by atoms with E-state index >= 15 is 0 Å². The second-order valence-electron chi connectivity index (χ2n) is 3.30. The molecular formula is C9H18FNO. The van der Waals surface area contributed by atoms with Gasteiger partial charge < -0.3 is 10.1 Å². The number of hydrogen-bond acceptors (Lipinski definition) is 2. The Hall–Kier alpha value is -0.150. The second-order valence-corrected chi connectivity index (χ2v) is 3.30. The van der Waals surface area contributed by atoms with Crippen LogP contribution >= 0.6 is 0 Å². The predicted molar refractivity (Wildman–Crippen MR) is 46.8 cm³/mol. The van der Waals surface area contributed by atoms with E-state index in [0.29, 0.717) is 6.42 Å². The van der Waals surface area contributed by atoms with Gasteiger partial charge in [-0.25, -0.2) is 4.39 Å². The van der Waals surface area contributed by atoms with Crippen molar-refractivity contribution in [2.24, 2.45) is 0 Å². The van der Waals surface area contributed by atoms with Gasteiger partial charge in [0.15, 0.2) is 6.36 Å². The largest absolute Gasteiger partial charge is 0.343 e. The molecule has 1 heterocycles. The van der Waals surface area contributed by atoms with Gasteiger partial charge in [-0.1, -0.05) is 13.3 Å². The van der Waals surface area contributed by atoms with Crippen LogP contribution in [0.4, 0.5) is 4.39 Å². The van der Waals surface area contributed by atoms with Crippen molar-refractivity contribution in [2.45, 2.75) is 45.1 Å². The van der Waals surface area contributed by atoms with Crippen LogP contribution in [0.2, 0.25) is 0 Å². The molecule has 1 N–H and O–H groups in total. The highest BCUT2D eigenvalue weighted by Gasteiger charge is 2.17. The summed E-state index contributed by atoms with van der Waals surface area (Å²) in [6.45, 7) is 3.82. The molecule has 0 amide bonds. The van der Waals surface area contributed by atoms with E-state index in [1.165, 1.54) is 0 Å². The van der Waals surface area contributed by atoms with Crippen LogP contribution in [-0.2, 0) is 4.74 Å². The van der Waals surface area contributed by atoms with Crippen LogP contribution in [0.15, 0.2) is 0 Å². The van der Waals surface area contributed by atoms with Gasteiger partial charge in [0.2, 0.25) is 0 Å². The van der Waals surface area contributed by atoms with Gasteiger partial charge >= 0.3 is 0 Å². The van der Waals surface area contributed by atoms with Gasteiger partial charge in [-0.15, -0.1) is 0 Å². The summed E-state index contributed by atoms with van der Waals surface area (Å²) in [6.07, 6.45) is 2.51. The van der Waals surface area contributed by atoms with Crippen LogP contribution in [0.5, 0.6) is 0 Å². The smallest absolute Gasteiger partial charge is 0.199 e. The molecule has 2 nitrogen and oxygen atoms in total. The highest BCUT2D eigenvalue weighted by Crippen LogP contribution is 2.12. The molecule has 0 aromatic rings. The van der Waals surface area contributed by atoms with Crippen LogP contribution in [0.1, 0.15) is 32.6 Å². The Bertz CT molecular complexity index is 115. The standard InChI is InChI=1S/C9H18FNO/c1-2-4-9(10)12-8-5-3-6-11-7-8/h8-9,11H,2-7H2,1H3. The van der Waals surface area contributed by atoms with Crippen molar-refractivity contribution in [2.75, 3.05) is 13.1 Å². The fraction of sp³-hybridized carbons (Fsp3) is 1.00. The molecule has 1 rings (SSSR count). The zero-order chi connectivity index (χ0) is 8.81. The van der Waals surface area contributed by atoms with Crippen LogP contribution in [0.3, 0.4) is 0 Å². The molecular weight excluding hydrogens is 157 g/mol. The number of halogens is 1. The summed E-state index contributed by atoms with van der Waals surface area (Å²) in [5.74, 6) is 0. The van der Waals surface area contributed by atoms with E-state index in [9.17, 15) is 4.39 Å². The molecule has 0 aromatic heterocycles. The molecule has 72 valence electrons. The van der Waals surface area contributed by atoms with Crippen molar-refractivity contribution < 1.29 is 9.13 Å². The molecule has 0 aliphatic carbocycles. The Labute approximate surface area is 73.5 Å². The van der Waals surface area contributed by atoms with E-state index in [2.05, 4.69) is 5.32 Å². The lowest BCUT2D eigenvalue weighted by Crippen LogP contribution is -2.36. The number of nitrogens with one attached hydrogen (secondary N) is 1.